The van der Waals surface area contributed by atoms with Gasteiger partial charge in [0.2, 0.25) is 0 Å². The van der Waals surface area contributed by atoms with Crippen molar-refractivity contribution >= 4 is 40.7 Å². The summed E-state index contributed by atoms with van der Waals surface area (Å²) in [6, 6.07) is 0. The molecule has 3 nitrogen and oxygen atoms in total. The van der Waals surface area contributed by atoms with E-state index in [2.05, 4.69) is 4.98 Å². The van der Waals surface area contributed by atoms with Crippen molar-refractivity contribution in [2.24, 2.45) is 0 Å². The van der Waals surface area contributed by atoms with Gasteiger partial charge in [-0.15, -0.1) is 3.89 Å². The van der Waals surface area contributed by atoms with E-state index < -0.39 is 16.8 Å². The van der Waals surface area contributed by atoms with Gasteiger partial charge in [-0.25, -0.2) is 13.6 Å². The molecule has 0 aliphatic carbocycles. The van der Waals surface area contributed by atoms with Crippen molar-refractivity contribution in [3.63, 3.8) is 0 Å². The lowest BCUT2D eigenvalue weighted by atomic mass is 10.3. The summed E-state index contributed by atoms with van der Waals surface area (Å²) < 4.78 is 38.0. The molecule has 1 atom stereocenters. The topological polar surface area (TPSA) is 33.2 Å². The van der Waals surface area contributed by atoms with Gasteiger partial charge in [-0.2, -0.15) is 3.71 Å². The van der Waals surface area contributed by atoms with E-state index >= 15 is 0 Å². The smallest absolute Gasteiger partial charge is 0.179 e. The van der Waals surface area contributed by atoms with Crippen LogP contribution >= 0.6 is 23.9 Å². The Morgan fingerprint density at radius 2 is 2.31 bits per heavy atom. The highest BCUT2D eigenvalue weighted by Gasteiger charge is 2.21. The summed E-state index contributed by atoms with van der Waals surface area (Å²) in [7, 11) is -1.59. The molecule has 1 unspecified atom stereocenters. The molecule has 0 aromatic carbocycles. The molecule has 0 spiro atoms. The molecule has 1 heterocycles. The number of hydrogen-bond donors (Lipinski definition) is 0. The second-order valence-corrected chi connectivity index (χ2v) is 5.50. The van der Waals surface area contributed by atoms with Gasteiger partial charge in [0, 0.05) is 11.3 Å². The monoisotopic (exact) mass is 286 g/mol. The van der Waals surface area contributed by atoms with Crippen molar-refractivity contribution < 1.29 is 12.5 Å². The van der Waals surface area contributed by atoms with Gasteiger partial charge < -0.3 is 0 Å². The summed E-state index contributed by atoms with van der Waals surface area (Å²) in [4.78, 5) is 3.64. The molecule has 0 fully saturated rings. The molecule has 0 bridgehead atoms. The normalized spacial score (nSPS) is 12.6. The third-order valence-corrected chi connectivity index (χ3v) is 4.31. The average molecular weight is 287 g/mol. The highest BCUT2D eigenvalue weighted by Crippen LogP contribution is 2.33. The minimum atomic E-state index is -1.59. The number of halogens is 3. The van der Waals surface area contributed by atoms with Crippen LogP contribution in [0.1, 0.15) is 12.5 Å². The van der Waals surface area contributed by atoms with E-state index in [9.17, 15) is 12.5 Å². The first kappa shape index (κ1) is 13.7. The number of rotatable bonds is 4. The molecule has 0 saturated carbocycles. The highest BCUT2D eigenvalue weighted by molar-refractivity contribution is 8.09. The van der Waals surface area contributed by atoms with Crippen LogP contribution in [0.4, 0.5) is 14.1 Å². The van der Waals surface area contributed by atoms with Crippen LogP contribution in [0, 0.1) is 12.7 Å². The molecule has 1 rings (SSSR count). The van der Waals surface area contributed by atoms with Crippen LogP contribution in [0.5, 0.6) is 0 Å². The zero-order chi connectivity index (χ0) is 12.3. The minimum Gasteiger partial charge on any atom is -0.236 e. The van der Waals surface area contributed by atoms with E-state index in [1.54, 1.807) is 6.92 Å². The number of hydrogen-bond acceptors (Lipinski definition) is 3. The van der Waals surface area contributed by atoms with Crippen molar-refractivity contribution in [2.75, 3.05) is 9.46 Å². The van der Waals surface area contributed by atoms with Gasteiger partial charge in [-0.3, -0.25) is 0 Å². The molecule has 8 heteroatoms. The van der Waals surface area contributed by atoms with E-state index in [0.29, 0.717) is 0 Å². The predicted molar refractivity (Wildman–Crippen MR) is 63.8 cm³/mol. The standard InChI is InChI=1S/C8H9ClF2N2OS2/c1-3-16(14)13(15-11)8-7(9)5(2)6(10)4-12-8/h4H,3H2,1-2H3. The zero-order valence-corrected chi connectivity index (χ0v) is 10.9. The van der Waals surface area contributed by atoms with Crippen molar-refractivity contribution in [1.29, 1.82) is 0 Å². The fourth-order valence-corrected chi connectivity index (χ4v) is 2.61. The fraction of sp³-hybridized carbons (Fsp3) is 0.375. The minimum absolute atomic E-state index is 0.0340. The van der Waals surface area contributed by atoms with Crippen LogP contribution in [0.3, 0.4) is 0 Å². The summed E-state index contributed by atoms with van der Waals surface area (Å²) in [5, 5.41) is -0.0352. The first-order valence-corrected chi connectivity index (χ1v) is 6.63. The lowest BCUT2D eigenvalue weighted by Gasteiger charge is -2.17. The van der Waals surface area contributed by atoms with Crippen LogP contribution in [-0.2, 0) is 11.0 Å². The molecule has 0 radical (unpaired) electrons. The Balaban J connectivity index is 3.21. The van der Waals surface area contributed by atoms with Gasteiger partial charge >= 0.3 is 0 Å². The maximum atomic E-state index is 13.1. The molecule has 90 valence electrons. The number of pyridine rings is 1. The predicted octanol–water partition coefficient (Wildman–Crippen LogP) is 3.21. The Bertz CT molecular complexity index is 419. The van der Waals surface area contributed by atoms with Crippen LogP contribution < -0.4 is 3.71 Å². The van der Waals surface area contributed by atoms with Gasteiger partial charge in [0.25, 0.3) is 0 Å². The lowest BCUT2D eigenvalue weighted by Crippen LogP contribution is -2.19. The van der Waals surface area contributed by atoms with E-state index in [0.717, 1.165) is 9.91 Å². The van der Waals surface area contributed by atoms with Gasteiger partial charge in [-0.05, 0) is 6.92 Å². The summed E-state index contributed by atoms with van der Waals surface area (Å²) in [6.45, 7) is 3.07. The second kappa shape index (κ2) is 5.79. The van der Waals surface area contributed by atoms with Crippen LogP contribution in [0.25, 0.3) is 0 Å². The molecule has 1 aromatic heterocycles. The molecule has 0 N–H and O–H groups in total. The van der Waals surface area contributed by atoms with Crippen molar-refractivity contribution in [1.82, 2.24) is 4.98 Å². The number of anilines is 1. The molecular weight excluding hydrogens is 278 g/mol. The Kier molecular flexibility index (Phi) is 4.94. The molecular formula is C8H9ClF2N2OS2. The Morgan fingerprint density at radius 3 is 2.81 bits per heavy atom. The number of aromatic nitrogens is 1. The van der Waals surface area contributed by atoms with E-state index in [1.807, 2.05) is 0 Å². The molecule has 16 heavy (non-hydrogen) atoms. The third-order valence-electron chi connectivity index (χ3n) is 1.85. The largest absolute Gasteiger partial charge is 0.236 e. The third kappa shape index (κ3) is 2.64. The van der Waals surface area contributed by atoms with Crippen molar-refractivity contribution in [2.45, 2.75) is 13.8 Å². The lowest BCUT2D eigenvalue weighted by molar-refractivity contribution is 0.612. The Labute approximate surface area is 104 Å². The zero-order valence-electron chi connectivity index (χ0n) is 8.54. The molecule has 0 aliphatic rings. The Morgan fingerprint density at radius 1 is 1.69 bits per heavy atom. The van der Waals surface area contributed by atoms with Crippen LogP contribution in [-0.4, -0.2) is 14.9 Å². The molecule has 0 aliphatic heterocycles. The van der Waals surface area contributed by atoms with Gasteiger partial charge in [-0.1, -0.05) is 18.5 Å². The summed E-state index contributed by atoms with van der Waals surface area (Å²) in [5.41, 5.74) is 0.152. The molecule has 0 amide bonds. The van der Waals surface area contributed by atoms with E-state index in [-0.39, 0.29) is 34.5 Å². The van der Waals surface area contributed by atoms with Gasteiger partial charge in [0.05, 0.1) is 11.2 Å². The first-order chi connectivity index (χ1) is 7.52. The molecule has 0 saturated heterocycles. The molecule has 1 aromatic rings. The second-order valence-electron chi connectivity index (χ2n) is 2.81. The van der Waals surface area contributed by atoms with Crippen molar-refractivity contribution in [3.8, 4) is 0 Å². The summed E-state index contributed by atoms with van der Waals surface area (Å²) >= 11 is 5.56. The van der Waals surface area contributed by atoms with Crippen LogP contribution in [0.15, 0.2) is 6.20 Å². The van der Waals surface area contributed by atoms with Gasteiger partial charge in [0.1, 0.15) is 16.8 Å². The maximum Gasteiger partial charge on any atom is 0.179 e. The fourth-order valence-electron chi connectivity index (χ4n) is 0.949. The number of nitrogens with zero attached hydrogens (tertiary/aromatic N) is 2. The SMILES string of the molecule is CCS(=O)N(SF)c1ncc(F)c(C)c1Cl. The Hall–Kier alpha value is -0.400. The highest BCUT2D eigenvalue weighted by atomic mass is 35.5. The quantitative estimate of drug-likeness (QED) is 0.797. The van der Waals surface area contributed by atoms with E-state index in [1.165, 1.54) is 6.92 Å². The first-order valence-electron chi connectivity index (χ1n) is 4.30. The summed E-state index contributed by atoms with van der Waals surface area (Å²) in [5.74, 6) is -0.404. The van der Waals surface area contributed by atoms with Crippen LogP contribution in [0.2, 0.25) is 5.02 Å². The van der Waals surface area contributed by atoms with E-state index in [4.69, 9.17) is 11.6 Å². The average Bonchev–Trinajstić information content (AvgIpc) is 2.29. The summed E-state index contributed by atoms with van der Waals surface area (Å²) in [6.07, 6.45) is 0.923. The van der Waals surface area contributed by atoms with Crippen molar-refractivity contribution in [3.05, 3.63) is 22.6 Å². The van der Waals surface area contributed by atoms with Gasteiger partial charge in [0.15, 0.2) is 18.2 Å². The maximum absolute atomic E-state index is 13.1.